The normalized spacial score (nSPS) is 13.5. The van der Waals surface area contributed by atoms with Crippen LogP contribution in [0.25, 0.3) is 22.5 Å². The first-order valence-electron chi connectivity index (χ1n) is 11.7. The summed E-state index contributed by atoms with van der Waals surface area (Å²) in [4.78, 5) is 35.3. The maximum atomic E-state index is 14.9. The molecule has 2 amide bonds. The van der Waals surface area contributed by atoms with Gasteiger partial charge in [0.25, 0.3) is 5.91 Å². The molecule has 13 heteroatoms. The zero-order valence-electron chi connectivity index (χ0n) is 20.4. The molecule has 39 heavy (non-hydrogen) atoms. The van der Waals surface area contributed by atoms with Crippen LogP contribution in [0.15, 0.2) is 60.9 Å². The molecule has 0 saturated carbocycles. The number of nitrogens with zero attached hydrogens (tertiary/aromatic N) is 5. The number of ether oxygens (including phenoxy) is 1. The molecule has 1 N–H and O–H groups in total. The molecule has 2 aromatic heterocycles. The summed E-state index contributed by atoms with van der Waals surface area (Å²) in [5, 5.41) is 6.46. The van der Waals surface area contributed by atoms with Crippen molar-refractivity contribution in [1.82, 2.24) is 24.6 Å². The van der Waals surface area contributed by atoms with Gasteiger partial charge in [-0.3, -0.25) is 14.4 Å². The number of alkyl halides is 3. The van der Waals surface area contributed by atoms with E-state index >= 15 is 0 Å². The van der Waals surface area contributed by atoms with Crippen molar-refractivity contribution in [3.63, 3.8) is 0 Å². The molecule has 0 atom stereocenters. The summed E-state index contributed by atoms with van der Waals surface area (Å²) in [5.74, 6) is -2.43. The SMILES string of the molecule is Cn1ccc(-c2cc(C(=O)Nc3ncc(CN4CCOC4=O)nc3-c3ccccc3)c(F)cc2C(F)(F)F)n1. The highest BCUT2D eigenvalue weighted by atomic mass is 19.4. The number of carbonyl (C=O) groups excluding carboxylic acids is 2. The van der Waals surface area contributed by atoms with E-state index in [4.69, 9.17) is 4.74 Å². The maximum absolute atomic E-state index is 14.9. The summed E-state index contributed by atoms with van der Waals surface area (Å²) in [5.41, 5.74) is -1.22. The third-order valence-corrected chi connectivity index (χ3v) is 5.95. The number of aromatic nitrogens is 4. The number of rotatable bonds is 6. The molecule has 0 spiro atoms. The lowest BCUT2D eigenvalue weighted by Gasteiger charge is -2.16. The Bertz CT molecular complexity index is 1560. The molecule has 1 fully saturated rings. The van der Waals surface area contributed by atoms with Crippen molar-refractivity contribution >= 4 is 17.8 Å². The Morgan fingerprint density at radius 3 is 2.56 bits per heavy atom. The average molecular weight is 540 g/mol. The van der Waals surface area contributed by atoms with E-state index in [0.717, 1.165) is 6.07 Å². The number of halogens is 4. The van der Waals surface area contributed by atoms with Crippen LogP contribution in [0, 0.1) is 5.82 Å². The summed E-state index contributed by atoms with van der Waals surface area (Å²) >= 11 is 0. The van der Waals surface area contributed by atoms with E-state index < -0.39 is 40.7 Å². The van der Waals surface area contributed by atoms with Crippen LogP contribution in [0.1, 0.15) is 21.6 Å². The van der Waals surface area contributed by atoms with Crippen molar-refractivity contribution in [3.05, 3.63) is 83.6 Å². The second-order valence-corrected chi connectivity index (χ2v) is 8.66. The summed E-state index contributed by atoms with van der Waals surface area (Å²) in [6.45, 7) is 0.747. The summed E-state index contributed by atoms with van der Waals surface area (Å²) in [7, 11) is 1.52. The van der Waals surface area contributed by atoms with Crippen LogP contribution in [-0.2, 0) is 24.5 Å². The maximum Gasteiger partial charge on any atom is 0.417 e. The zero-order valence-corrected chi connectivity index (χ0v) is 20.4. The predicted octanol–water partition coefficient (Wildman–Crippen LogP) is 4.91. The highest BCUT2D eigenvalue weighted by Gasteiger charge is 2.36. The number of amides is 2. The van der Waals surface area contributed by atoms with Crippen molar-refractivity contribution in [2.45, 2.75) is 12.7 Å². The molecule has 2 aromatic carbocycles. The van der Waals surface area contributed by atoms with E-state index in [0.29, 0.717) is 17.8 Å². The van der Waals surface area contributed by atoms with Crippen LogP contribution in [0.3, 0.4) is 0 Å². The quantitative estimate of drug-likeness (QED) is 0.349. The smallest absolute Gasteiger partial charge is 0.417 e. The number of anilines is 1. The molecule has 200 valence electrons. The topological polar surface area (TPSA) is 102 Å². The first-order chi connectivity index (χ1) is 18.6. The minimum atomic E-state index is -4.88. The van der Waals surface area contributed by atoms with Gasteiger partial charge in [0.1, 0.15) is 18.1 Å². The van der Waals surface area contributed by atoms with Gasteiger partial charge in [-0.05, 0) is 18.2 Å². The van der Waals surface area contributed by atoms with Crippen molar-refractivity contribution in [3.8, 4) is 22.5 Å². The standard InChI is InChI=1S/C26H20F4N6O3/c1-35-8-7-21(34-35)17-11-18(20(27)12-19(17)26(28,29)30)24(37)33-23-22(15-5-3-2-4-6-15)32-16(13-31-23)14-36-9-10-39-25(36)38/h2-8,11-13H,9-10,14H2,1H3,(H,31,33,37). The monoisotopic (exact) mass is 540 g/mol. The van der Waals surface area contributed by atoms with Gasteiger partial charge in [0.2, 0.25) is 0 Å². The highest BCUT2D eigenvalue weighted by molar-refractivity contribution is 6.06. The molecule has 3 heterocycles. The van der Waals surface area contributed by atoms with Crippen molar-refractivity contribution in [1.29, 1.82) is 0 Å². The Labute approximate surface area is 219 Å². The third-order valence-electron chi connectivity index (χ3n) is 5.95. The Morgan fingerprint density at radius 1 is 1.15 bits per heavy atom. The molecule has 0 aliphatic carbocycles. The van der Waals surface area contributed by atoms with Gasteiger partial charge in [-0.1, -0.05) is 30.3 Å². The van der Waals surface area contributed by atoms with E-state index in [9.17, 15) is 27.2 Å². The molecule has 0 bridgehead atoms. The predicted molar refractivity (Wildman–Crippen MR) is 131 cm³/mol. The molecule has 0 unspecified atom stereocenters. The fourth-order valence-electron chi connectivity index (χ4n) is 4.08. The minimum absolute atomic E-state index is 0.0439. The van der Waals surface area contributed by atoms with E-state index in [-0.39, 0.29) is 36.4 Å². The van der Waals surface area contributed by atoms with E-state index in [1.54, 1.807) is 30.3 Å². The van der Waals surface area contributed by atoms with Gasteiger partial charge in [-0.2, -0.15) is 18.3 Å². The Kier molecular flexibility index (Phi) is 6.73. The van der Waals surface area contributed by atoms with Crippen molar-refractivity contribution in [2.24, 2.45) is 7.05 Å². The molecule has 4 aromatic rings. The van der Waals surface area contributed by atoms with Gasteiger partial charge < -0.3 is 10.1 Å². The summed E-state index contributed by atoms with van der Waals surface area (Å²) in [6.07, 6.45) is -2.59. The largest absolute Gasteiger partial charge is 0.448 e. The summed E-state index contributed by atoms with van der Waals surface area (Å²) < 4.78 is 62.2. The van der Waals surface area contributed by atoms with Gasteiger partial charge in [-0.15, -0.1) is 0 Å². The number of benzene rings is 2. The van der Waals surface area contributed by atoms with Gasteiger partial charge >= 0.3 is 12.3 Å². The number of hydrogen-bond acceptors (Lipinski definition) is 6. The molecule has 1 aliphatic heterocycles. The molecule has 9 nitrogen and oxygen atoms in total. The van der Waals surface area contributed by atoms with Crippen LogP contribution in [-0.4, -0.2) is 49.8 Å². The van der Waals surface area contributed by atoms with Crippen molar-refractivity contribution < 1.29 is 31.9 Å². The van der Waals surface area contributed by atoms with E-state index in [2.05, 4.69) is 20.4 Å². The van der Waals surface area contributed by atoms with Crippen LogP contribution >= 0.6 is 0 Å². The third kappa shape index (κ3) is 5.42. The molecular formula is C26H20F4N6O3. The Hall–Kier alpha value is -4.81. The molecule has 5 rings (SSSR count). The zero-order chi connectivity index (χ0) is 27.7. The molecule has 0 radical (unpaired) electrons. The van der Waals surface area contributed by atoms with Crippen molar-refractivity contribution in [2.75, 3.05) is 18.5 Å². The Balaban J connectivity index is 1.52. The number of aryl methyl sites for hydroxylation is 1. The van der Waals surface area contributed by atoms with Gasteiger partial charge in [-0.25, -0.2) is 19.2 Å². The summed E-state index contributed by atoms with van der Waals surface area (Å²) in [6, 6.07) is 11.1. The van der Waals surface area contributed by atoms with Crippen LogP contribution in [0.2, 0.25) is 0 Å². The molecular weight excluding hydrogens is 520 g/mol. The second kappa shape index (κ2) is 10.2. The number of hydrogen-bond donors (Lipinski definition) is 1. The van der Waals surface area contributed by atoms with Crippen LogP contribution < -0.4 is 5.32 Å². The first-order valence-corrected chi connectivity index (χ1v) is 11.7. The fourth-order valence-corrected chi connectivity index (χ4v) is 4.08. The molecule has 1 aliphatic rings. The van der Waals surface area contributed by atoms with E-state index in [1.165, 1.54) is 35.1 Å². The molecule has 1 saturated heterocycles. The number of nitrogens with one attached hydrogen (secondary N) is 1. The van der Waals surface area contributed by atoms with Crippen LogP contribution in [0.5, 0.6) is 0 Å². The fraction of sp³-hybridized carbons (Fsp3) is 0.192. The second-order valence-electron chi connectivity index (χ2n) is 8.66. The van der Waals surface area contributed by atoms with Crippen LogP contribution in [0.4, 0.5) is 28.2 Å². The van der Waals surface area contributed by atoms with E-state index in [1.807, 2.05) is 0 Å². The lowest BCUT2D eigenvalue weighted by atomic mass is 9.99. The lowest BCUT2D eigenvalue weighted by molar-refractivity contribution is -0.137. The average Bonchev–Trinajstić information content (AvgIpc) is 3.52. The number of cyclic esters (lactones) is 1. The highest BCUT2D eigenvalue weighted by Crippen LogP contribution is 2.38. The Morgan fingerprint density at radius 2 is 1.92 bits per heavy atom. The minimum Gasteiger partial charge on any atom is -0.448 e. The first kappa shape index (κ1) is 25.8. The van der Waals surface area contributed by atoms with Gasteiger partial charge in [0.15, 0.2) is 5.82 Å². The number of carbonyl (C=O) groups is 2. The van der Waals surface area contributed by atoms with Gasteiger partial charge in [0, 0.05) is 24.4 Å². The van der Waals surface area contributed by atoms with Gasteiger partial charge in [0.05, 0.1) is 41.8 Å². The lowest BCUT2D eigenvalue weighted by Crippen LogP contribution is -2.24.